The van der Waals surface area contributed by atoms with E-state index >= 15 is 0 Å². The third kappa shape index (κ3) is 4.42. The minimum atomic E-state index is -3.56. The number of carbonyl (C=O) groups is 2. The van der Waals surface area contributed by atoms with Crippen molar-refractivity contribution < 1.29 is 18.0 Å². The highest BCUT2D eigenvalue weighted by Gasteiger charge is 2.32. The topological polar surface area (TPSA) is 95.6 Å². The van der Waals surface area contributed by atoms with Crippen LogP contribution in [-0.2, 0) is 27.7 Å². The Hall–Kier alpha value is -2.71. The Morgan fingerprint density at radius 3 is 2.44 bits per heavy atom. The van der Waals surface area contributed by atoms with Gasteiger partial charge in [0.05, 0.1) is 4.90 Å². The van der Waals surface area contributed by atoms with Gasteiger partial charge in [0.1, 0.15) is 0 Å². The standard InChI is InChI=1S/C24H29N3O4S/c1-16-6-7-20(23(28)25-2)15-22(16)26-24(29)18-10-12-27(13-11-18)32(30,31)21-9-8-17-4-3-5-19(17)14-21/h6-9,14-15,18H,3-5,10-13H2,1-2H3,(H,25,28)(H,26,29). The maximum absolute atomic E-state index is 13.1. The molecule has 2 aromatic carbocycles. The van der Waals surface area contributed by atoms with Crippen molar-refractivity contribution in [3.8, 4) is 0 Å². The van der Waals surface area contributed by atoms with Crippen LogP contribution in [0.1, 0.15) is 46.3 Å². The Bertz CT molecular complexity index is 1150. The molecular weight excluding hydrogens is 426 g/mol. The van der Waals surface area contributed by atoms with Gasteiger partial charge in [-0.2, -0.15) is 4.31 Å². The Kier molecular flexibility index (Phi) is 6.35. The van der Waals surface area contributed by atoms with E-state index in [0.717, 1.165) is 30.4 Å². The number of amides is 2. The summed E-state index contributed by atoms with van der Waals surface area (Å²) in [5.74, 6) is -0.633. The molecular formula is C24H29N3O4S. The molecule has 0 unspecified atom stereocenters. The van der Waals surface area contributed by atoms with Crippen LogP contribution in [0.25, 0.3) is 0 Å². The SMILES string of the molecule is CNC(=O)c1ccc(C)c(NC(=O)C2CCN(S(=O)(=O)c3ccc4c(c3)CCC4)CC2)c1. The number of nitrogens with zero attached hydrogens (tertiary/aromatic N) is 1. The minimum Gasteiger partial charge on any atom is -0.355 e. The first-order valence-electron chi connectivity index (χ1n) is 11.0. The molecule has 2 aliphatic rings. The Labute approximate surface area is 189 Å². The molecule has 0 aromatic heterocycles. The number of carbonyl (C=O) groups excluding carboxylic acids is 2. The molecule has 0 atom stereocenters. The van der Waals surface area contributed by atoms with Gasteiger partial charge in [-0.1, -0.05) is 12.1 Å². The monoisotopic (exact) mass is 455 g/mol. The Morgan fingerprint density at radius 1 is 1.00 bits per heavy atom. The van der Waals surface area contributed by atoms with Gasteiger partial charge in [-0.3, -0.25) is 9.59 Å². The lowest BCUT2D eigenvalue weighted by atomic mass is 9.97. The number of aryl methyl sites for hydroxylation is 3. The highest BCUT2D eigenvalue weighted by atomic mass is 32.2. The first-order chi connectivity index (χ1) is 15.3. The molecule has 32 heavy (non-hydrogen) atoms. The summed E-state index contributed by atoms with van der Waals surface area (Å²) in [5, 5.41) is 5.50. The first kappa shape index (κ1) is 22.5. The summed E-state index contributed by atoms with van der Waals surface area (Å²) in [6.07, 6.45) is 3.95. The highest BCUT2D eigenvalue weighted by Crippen LogP contribution is 2.29. The molecule has 0 spiro atoms. The molecule has 170 valence electrons. The quantitative estimate of drug-likeness (QED) is 0.725. The van der Waals surface area contributed by atoms with E-state index in [9.17, 15) is 18.0 Å². The predicted octanol–water partition coefficient (Wildman–Crippen LogP) is 2.88. The van der Waals surface area contributed by atoms with Crippen molar-refractivity contribution in [3.05, 3.63) is 58.7 Å². The van der Waals surface area contributed by atoms with Crippen molar-refractivity contribution >= 4 is 27.5 Å². The molecule has 0 saturated carbocycles. The van der Waals surface area contributed by atoms with Crippen LogP contribution in [0.4, 0.5) is 5.69 Å². The van der Waals surface area contributed by atoms with Gasteiger partial charge in [-0.15, -0.1) is 0 Å². The van der Waals surface area contributed by atoms with E-state index in [0.29, 0.717) is 42.1 Å². The van der Waals surface area contributed by atoms with Crippen molar-refractivity contribution in [2.24, 2.45) is 5.92 Å². The first-order valence-corrected chi connectivity index (χ1v) is 12.5. The summed E-state index contributed by atoms with van der Waals surface area (Å²) in [7, 11) is -2.00. The molecule has 1 aliphatic carbocycles. The molecule has 1 heterocycles. The number of rotatable bonds is 5. The molecule has 4 rings (SSSR count). The van der Waals surface area contributed by atoms with Crippen LogP contribution in [0.5, 0.6) is 0 Å². The molecule has 7 nitrogen and oxygen atoms in total. The summed E-state index contributed by atoms with van der Waals surface area (Å²) >= 11 is 0. The van der Waals surface area contributed by atoms with Gasteiger partial charge in [0.15, 0.2) is 0 Å². The van der Waals surface area contributed by atoms with Crippen LogP contribution < -0.4 is 10.6 Å². The molecule has 2 amide bonds. The average molecular weight is 456 g/mol. The van der Waals surface area contributed by atoms with Gasteiger partial charge < -0.3 is 10.6 Å². The third-order valence-electron chi connectivity index (χ3n) is 6.52. The van der Waals surface area contributed by atoms with E-state index in [4.69, 9.17) is 0 Å². The number of benzene rings is 2. The van der Waals surface area contributed by atoms with Crippen LogP contribution in [0.2, 0.25) is 0 Å². The van der Waals surface area contributed by atoms with Crippen molar-refractivity contribution in [1.29, 1.82) is 0 Å². The third-order valence-corrected chi connectivity index (χ3v) is 8.41. The van der Waals surface area contributed by atoms with E-state index in [1.54, 1.807) is 31.3 Å². The fourth-order valence-corrected chi connectivity index (χ4v) is 6.01. The highest BCUT2D eigenvalue weighted by molar-refractivity contribution is 7.89. The van der Waals surface area contributed by atoms with Crippen molar-refractivity contribution in [3.63, 3.8) is 0 Å². The number of anilines is 1. The van der Waals surface area contributed by atoms with Gasteiger partial charge in [0.25, 0.3) is 5.91 Å². The van der Waals surface area contributed by atoms with E-state index in [2.05, 4.69) is 10.6 Å². The molecule has 1 fully saturated rings. The zero-order valence-electron chi connectivity index (χ0n) is 18.5. The van der Waals surface area contributed by atoms with E-state index in [-0.39, 0.29) is 17.7 Å². The van der Waals surface area contributed by atoms with Crippen LogP contribution in [-0.4, -0.2) is 44.7 Å². The summed E-state index contributed by atoms with van der Waals surface area (Å²) in [6, 6.07) is 10.6. The van der Waals surface area contributed by atoms with E-state index in [1.165, 1.54) is 9.87 Å². The number of nitrogens with one attached hydrogen (secondary N) is 2. The van der Waals surface area contributed by atoms with Gasteiger partial charge in [0.2, 0.25) is 15.9 Å². The maximum atomic E-state index is 13.1. The normalized spacial score (nSPS) is 17.1. The van der Waals surface area contributed by atoms with Crippen LogP contribution in [0.3, 0.4) is 0 Å². The fourth-order valence-electron chi connectivity index (χ4n) is 4.49. The maximum Gasteiger partial charge on any atom is 0.251 e. The second-order valence-electron chi connectivity index (χ2n) is 8.56. The zero-order valence-corrected chi connectivity index (χ0v) is 19.3. The average Bonchev–Trinajstić information content (AvgIpc) is 3.28. The molecule has 2 N–H and O–H groups in total. The second-order valence-corrected chi connectivity index (χ2v) is 10.5. The van der Waals surface area contributed by atoms with Crippen molar-refractivity contribution in [1.82, 2.24) is 9.62 Å². The summed E-state index contributed by atoms with van der Waals surface area (Å²) < 4.78 is 27.7. The smallest absolute Gasteiger partial charge is 0.251 e. The molecule has 2 aromatic rings. The summed E-state index contributed by atoms with van der Waals surface area (Å²) in [4.78, 5) is 25.1. The molecule has 1 aliphatic heterocycles. The number of fused-ring (bicyclic) bond motifs is 1. The number of hydrogen-bond donors (Lipinski definition) is 2. The van der Waals surface area contributed by atoms with Gasteiger partial charge in [0, 0.05) is 37.3 Å². The Morgan fingerprint density at radius 2 is 1.72 bits per heavy atom. The molecule has 0 radical (unpaired) electrons. The lowest BCUT2D eigenvalue weighted by Gasteiger charge is -2.30. The van der Waals surface area contributed by atoms with E-state index in [1.807, 2.05) is 19.1 Å². The zero-order chi connectivity index (χ0) is 22.9. The lowest BCUT2D eigenvalue weighted by molar-refractivity contribution is -0.120. The van der Waals surface area contributed by atoms with Crippen LogP contribution in [0.15, 0.2) is 41.3 Å². The number of hydrogen-bond acceptors (Lipinski definition) is 4. The van der Waals surface area contributed by atoms with Gasteiger partial charge in [-0.25, -0.2) is 8.42 Å². The van der Waals surface area contributed by atoms with Gasteiger partial charge >= 0.3 is 0 Å². The van der Waals surface area contributed by atoms with Gasteiger partial charge in [-0.05, 0) is 80.0 Å². The number of sulfonamides is 1. The van der Waals surface area contributed by atoms with Crippen LogP contribution in [0, 0.1) is 12.8 Å². The molecule has 0 bridgehead atoms. The summed E-state index contributed by atoms with van der Waals surface area (Å²) in [6.45, 7) is 2.50. The predicted molar refractivity (Wildman–Crippen MR) is 123 cm³/mol. The van der Waals surface area contributed by atoms with E-state index < -0.39 is 10.0 Å². The molecule has 8 heteroatoms. The second kappa shape index (κ2) is 9.03. The molecule has 1 saturated heterocycles. The Balaban J connectivity index is 1.40. The fraction of sp³-hybridized carbons (Fsp3) is 0.417. The van der Waals surface area contributed by atoms with Crippen LogP contribution >= 0.6 is 0 Å². The van der Waals surface area contributed by atoms with Crippen molar-refractivity contribution in [2.45, 2.75) is 43.9 Å². The number of piperidine rings is 1. The largest absolute Gasteiger partial charge is 0.355 e. The lowest BCUT2D eigenvalue weighted by Crippen LogP contribution is -2.41. The minimum absolute atomic E-state index is 0.142. The summed E-state index contributed by atoms with van der Waals surface area (Å²) in [5.41, 5.74) is 4.32. The van der Waals surface area contributed by atoms with Crippen molar-refractivity contribution in [2.75, 3.05) is 25.5 Å².